The molecule has 0 aromatic heterocycles. The smallest absolute Gasteiger partial charge is 1.00 e. The molecule has 0 spiro atoms. The zero-order valence-corrected chi connectivity index (χ0v) is 29.8. The molecule has 0 bridgehead atoms. The van der Waals surface area contributed by atoms with Gasteiger partial charge in [-0.3, -0.25) is 0 Å². The van der Waals surface area contributed by atoms with Gasteiger partial charge in [-0.05, 0) is 0 Å². The molecule has 0 nitrogen and oxygen atoms in total. The molecular weight excluding hydrogens is 662 g/mol. The summed E-state index contributed by atoms with van der Waals surface area (Å²) in [5.41, 5.74) is 9.04. The fourth-order valence-corrected chi connectivity index (χ4v) is 18.7. The second kappa shape index (κ2) is 12.8. The summed E-state index contributed by atoms with van der Waals surface area (Å²) in [5.74, 6) is 0. The quantitative estimate of drug-likeness (QED) is 0.459. The zero-order chi connectivity index (χ0) is 25.5. The Morgan fingerprint density at radius 3 is 1.37 bits per heavy atom. The number of fused-ring (bicyclic) bond motifs is 2. The van der Waals surface area contributed by atoms with Gasteiger partial charge in [-0.25, -0.2) is 0 Å². The fraction of sp³-hybridized carbons (Fsp3) is 0.294. The third-order valence-corrected chi connectivity index (χ3v) is 25.2. The standard InChI is InChI=1S/2C11H11.2C5H5.2CH3.2ClH.2Zr/c2*1-8-4-3-5-10-7-6-9(2)11(8)10;2*1-2-4-5-3-1;;;;;;/h2*3-7H,1-2H3;2*1-3H,4H2;2*1H3;2*1H;;/q;;;;;;;;2*+1/p-2. The van der Waals surface area contributed by atoms with Crippen molar-refractivity contribution in [3.8, 4) is 0 Å². The van der Waals surface area contributed by atoms with Gasteiger partial charge < -0.3 is 24.8 Å². The molecule has 196 valence electrons. The molecule has 0 heterocycles. The van der Waals surface area contributed by atoms with Crippen LogP contribution in [0.4, 0.5) is 0 Å². The number of allylic oxidation sites excluding steroid dienone is 10. The summed E-state index contributed by atoms with van der Waals surface area (Å²) < 4.78 is 9.32. The zero-order valence-electron chi connectivity index (χ0n) is 23.4. The van der Waals surface area contributed by atoms with Gasteiger partial charge in [-0.15, -0.1) is 0 Å². The van der Waals surface area contributed by atoms with Crippen molar-refractivity contribution in [2.75, 3.05) is 0 Å². The van der Waals surface area contributed by atoms with Crippen LogP contribution >= 0.6 is 0 Å². The van der Waals surface area contributed by atoms with Gasteiger partial charge in [0.1, 0.15) is 0 Å². The van der Waals surface area contributed by atoms with Gasteiger partial charge in [-0.2, -0.15) is 0 Å². The summed E-state index contributed by atoms with van der Waals surface area (Å²) in [6, 6.07) is 13.4. The second-order valence-corrected chi connectivity index (χ2v) is 25.5. The third-order valence-electron chi connectivity index (χ3n) is 8.91. The first kappa shape index (κ1) is 31.7. The molecule has 0 fully saturated rings. The van der Waals surface area contributed by atoms with E-state index in [9.17, 15) is 0 Å². The van der Waals surface area contributed by atoms with Crippen LogP contribution in [0, 0.1) is 13.8 Å². The van der Waals surface area contributed by atoms with Gasteiger partial charge in [0.15, 0.2) is 0 Å². The van der Waals surface area contributed by atoms with Crippen molar-refractivity contribution in [3.05, 3.63) is 125 Å². The third kappa shape index (κ3) is 5.68. The predicted molar refractivity (Wildman–Crippen MR) is 151 cm³/mol. The molecule has 4 aliphatic carbocycles. The maximum atomic E-state index is 2.56. The van der Waals surface area contributed by atoms with Crippen LogP contribution in [0.2, 0.25) is 9.26 Å². The Bertz CT molecular complexity index is 1270. The molecule has 0 saturated carbocycles. The molecule has 2 aromatic carbocycles. The molecule has 0 radical (unpaired) electrons. The summed E-state index contributed by atoms with van der Waals surface area (Å²) in [6.07, 6.45) is 25.9. The normalized spacial score (nSPS) is 23.0. The minimum Gasteiger partial charge on any atom is -1.00 e. The molecule has 2 unspecified atom stereocenters. The van der Waals surface area contributed by atoms with Crippen molar-refractivity contribution < 1.29 is 68.3 Å². The number of aryl methyl sites for hydroxylation is 2. The van der Waals surface area contributed by atoms with E-state index in [4.69, 9.17) is 0 Å². The molecule has 6 rings (SSSR count). The van der Waals surface area contributed by atoms with Crippen LogP contribution in [0.5, 0.6) is 0 Å². The fourth-order valence-electron chi connectivity index (χ4n) is 6.50. The Hall–Kier alpha value is -0.774. The first-order valence-electron chi connectivity index (χ1n) is 13.2. The first-order valence-corrected chi connectivity index (χ1v) is 23.1. The van der Waals surface area contributed by atoms with Crippen LogP contribution in [0.3, 0.4) is 0 Å². The average Bonchev–Trinajstić information content (AvgIpc) is 3.67. The van der Waals surface area contributed by atoms with E-state index in [1.807, 2.05) is 0 Å². The Kier molecular flexibility index (Phi) is 10.7. The van der Waals surface area contributed by atoms with Crippen LogP contribution in [-0.2, 0) is 49.7 Å². The van der Waals surface area contributed by atoms with Crippen LogP contribution < -0.4 is 24.8 Å². The van der Waals surface area contributed by atoms with Gasteiger partial charge in [0.05, 0.1) is 0 Å². The Morgan fingerprint density at radius 1 is 0.632 bits per heavy atom. The van der Waals surface area contributed by atoms with Crippen LogP contribution in [-0.4, -0.2) is 0 Å². The SMILES string of the molecule is Cc1cccc2c1[C](C)([Zr+]([CH3])[C]1=CC=CC1)C=C2.Cc1cccc2c1[C](C)([Zr+]([CH3])[C]1=CC=CC1)C=C2.[Cl-].[Cl-]. The first-order chi connectivity index (χ1) is 17.3. The molecule has 0 amide bonds. The molecule has 4 heteroatoms. The summed E-state index contributed by atoms with van der Waals surface area (Å²) in [6.45, 7) is 9.47. The van der Waals surface area contributed by atoms with Crippen LogP contribution in [0.1, 0.15) is 60.1 Å². The molecule has 0 N–H and O–H groups in total. The van der Waals surface area contributed by atoms with E-state index in [-0.39, 0.29) is 24.8 Å². The number of halogens is 2. The van der Waals surface area contributed by atoms with E-state index in [1.165, 1.54) is 35.1 Å². The topological polar surface area (TPSA) is 0 Å². The summed E-state index contributed by atoms with van der Waals surface area (Å²) in [5, 5.41) is 0. The van der Waals surface area contributed by atoms with Crippen molar-refractivity contribution in [2.24, 2.45) is 0 Å². The van der Waals surface area contributed by atoms with Gasteiger partial charge in [0.25, 0.3) is 0 Å². The molecule has 0 saturated heterocycles. The van der Waals surface area contributed by atoms with E-state index in [2.05, 4.69) is 134 Å². The Labute approximate surface area is 259 Å². The van der Waals surface area contributed by atoms with E-state index in [0.29, 0.717) is 6.25 Å². The molecule has 2 aromatic rings. The summed E-state index contributed by atoms with van der Waals surface area (Å²) >= 11 is -3.23. The monoisotopic (exact) mass is 696 g/mol. The Morgan fingerprint density at radius 2 is 1.03 bits per heavy atom. The number of benzene rings is 2. The summed E-state index contributed by atoms with van der Waals surface area (Å²) in [7, 11) is 0. The average molecular weight is 700 g/mol. The maximum Gasteiger partial charge on any atom is -1.00 e. The van der Waals surface area contributed by atoms with E-state index in [0.717, 1.165) is 0 Å². The van der Waals surface area contributed by atoms with Gasteiger partial charge in [0, 0.05) is 0 Å². The number of rotatable bonds is 4. The Balaban J connectivity index is 0.000000200. The van der Waals surface area contributed by atoms with Crippen LogP contribution in [0.25, 0.3) is 12.2 Å². The van der Waals surface area contributed by atoms with Gasteiger partial charge in [-0.1, -0.05) is 0 Å². The van der Waals surface area contributed by atoms with E-state index >= 15 is 0 Å². The molecule has 38 heavy (non-hydrogen) atoms. The van der Waals surface area contributed by atoms with Gasteiger partial charge >= 0.3 is 237 Å². The van der Waals surface area contributed by atoms with Crippen LogP contribution in [0.15, 0.2) is 91.6 Å². The minimum atomic E-state index is -1.61. The molecule has 4 aliphatic rings. The van der Waals surface area contributed by atoms with Crippen molar-refractivity contribution >= 4 is 12.2 Å². The van der Waals surface area contributed by atoms with E-state index < -0.39 is 43.5 Å². The molecule has 2 atom stereocenters. The number of hydrogen-bond acceptors (Lipinski definition) is 0. The molecular formula is C34H38Cl2Zr2. The minimum absolute atomic E-state index is 0. The number of hydrogen-bond donors (Lipinski definition) is 0. The van der Waals surface area contributed by atoms with E-state index in [1.54, 1.807) is 17.7 Å². The van der Waals surface area contributed by atoms with Crippen molar-refractivity contribution in [1.82, 2.24) is 0 Å². The van der Waals surface area contributed by atoms with Crippen molar-refractivity contribution in [3.63, 3.8) is 0 Å². The summed E-state index contributed by atoms with van der Waals surface area (Å²) in [4.78, 5) is 0. The predicted octanol–water partition coefficient (Wildman–Crippen LogP) is 3.50. The largest absolute Gasteiger partial charge is 1.00 e. The van der Waals surface area contributed by atoms with Crippen molar-refractivity contribution in [1.29, 1.82) is 0 Å². The van der Waals surface area contributed by atoms with Crippen molar-refractivity contribution in [2.45, 2.75) is 56.0 Å². The second-order valence-electron chi connectivity index (χ2n) is 11.0. The molecule has 0 aliphatic heterocycles. The maximum absolute atomic E-state index is 2.56. The van der Waals surface area contributed by atoms with Gasteiger partial charge in [0.2, 0.25) is 0 Å².